The molecule has 4 heteroatoms. The maximum Gasteiger partial charge on any atom is 0.255 e. The highest BCUT2D eigenvalue weighted by Crippen LogP contribution is 2.36. The second-order valence-electron chi connectivity index (χ2n) is 8.66. The fourth-order valence-corrected chi connectivity index (χ4v) is 3.52. The maximum absolute atomic E-state index is 12.8. The number of unbranched alkanes of at least 4 members (excludes halogenated alkanes) is 2. The zero-order valence-corrected chi connectivity index (χ0v) is 19.2. The maximum atomic E-state index is 12.8. The fraction of sp³-hybridized carbons (Fsp3) is 0.577. The Morgan fingerprint density at radius 3 is 2.50 bits per heavy atom. The van der Waals surface area contributed by atoms with Gasteiger partial charge >= 0.3 is 0 Å². The molecule has 1 fully saturated rings. The van der Waals surface area contributed by atoms with Gasteiger partial charge < -0.3 is 15.5 Å². The van der Waals surface area contributed by atoms with E-state index >= 15 is 0 Å². The first-order valence-electron chi connectivity index (χ1n) is 11.6. The van der Waals surface area contributed by atoms with E-state index in [1.165, 1.54) is 11.1 Å². The van der Waals surface area contributed by atoms with E-state index in [2.05, 4.69) is 39.1 Å². The molecule has 0 saturated heterocycles. The van der Waals surface area contributed by atoms with Gasteiger partial charge in [0.05, 0.1) is 5.56 Å². The average molecular weight is 414 g/mol. The van der Waals surface area contributed by atoms with Crippen LogP contribution in [-0.4, -0.2) is 22.2 Å². The lowest BCUT2D eigenvalue weighted by atomic mass is 9.94. The van der Waals surface area contributed by atoms with Gasteiger partial charge in [0.1, 0.15) is 11.5 Å². The van der Waals surface area contributed by atoms with E-state index in [0.29, 0.717) is 24.0 Å². The summed E-state index contributed by atoms with van der Waals surface area (Å²) in [6.07, 6.45) is 13.5. The molecule has 1 aromatic carbocycles. The largest absolute Gasteiger partial charge is 0.508 e. The van der Waals surface area contributed by atoms with Crippen molar-refractivity contribution in [3.8, 4) is 11.5 Å². The standard InChI is InChI=1S/C26H39NO3/c1-5-7-8-12-20-17-23(28)22(16-13-19(4)11-9-10-18(3)6-2)25(29)24(20)26(30)27-21-14-15-21/h10,13,17,21,28-29H,5-9,11-12,14-16H2,1-4H3,(H,27,30)/b18-10+,19-13+. The van der Waals surface area contributed by atoms with Gasteiger partial charge in [-0.15, -0.1) is 0 Å². The number of benzene rings is 1. The molecule has 30 heavy (non-hydrogen) atoms. The number of nitrogens with one attached hydrogen (secondary N) is 1. The highest BCUT2D eigenvalue weighted by atomic mass is 16.3. The highest BCUT2D eigenvalue weighted by molar-refractivity contribution is 5.99. The van der Waals surface area contributed by atoms with Crippen molar-refractivity contribution in [2.24, 2.45) is 0 Å². The van der Waals surface area contributed by atoms with Crippen LogP contribution in [-0.2, 0) is 12.8 Å². The molecule has 0 aromatic heterocycles. The molecule has 1 amide bonds. The monoisotopic (exact) mass is 413 g/mol. The van der Waals surface area contributed by atoms with Gasteiger partial charge in [-0.25, -0.2) is 0 Å². The molecule has 0 bridgehead atoms. The third kappa shape index (κ3) is 7.23. The van der Waals surface area contributed by atoms with Crippen molar-refractivity contribution < 1.29 is 15.0 Å². The molecular formula is C26H39NO3. The number of carbonyl (C=O) groups excluding carboxylic acids is 1. The van der Waals surface area contributed by atoms with Crippen molar-refractivity contribution in [3.63, 3.8) is 0 Å². The molecule has 0 heterocycles. The summed E-state index contributed by atoms with van der Waals surface area (Å²) in [5.74, 6) is -0.207. The second-order valence-corrected chi connectivity index (χ2v) is 8.66. The molecule has 3 N–H and O–H groups in total. The summed E-state index contributed by atoms with van der Waals surface area (Å²) in [6.45, 7) is 8.50. The minimum absolute atomic E-state index is 0.0644. The Kier molecular flexibility index (Phi) is 9.48. The molecule has 1 aliphatic rings. The van der Waals surface area contributed by atoms with Gasteiger partial charge in [-0.05, 0) is 76.8 Å². The van der Waals surface area contributed by atoms with Crippen LogP contribution in [0.25, 0.3) is 0 Å². The van der Waals surface area contributed by atoms with Gasteiger partial charge in [-0.1, -0.05) is 50.0 Å². The van der Waals surface area contributed by atoms with Crippen molar-refractivity contribution in [2.75, 3.05) is 0 Å². The summed E-state index contributed by atoms with van der Waals surface area (Å²) in [5.41, 5.74) is 4.13. The molecule has 4 nitrogen and oxygen atoms in total. The normalized spacial score (nSPS) is 14.8. The first kappa shape index (κ1) is 24.0. The first-order chi connectivity index (χ1) is 14.4. The summed E-state index contributed by atoms with van der Waals surface area (Å²) >= 11 is 0. The van der Waals surface area contributed by atoms with E-state index in [0.717, 1.165) is 56.9 Å². The van der Waals surface area contributed by atoms with E-state index in [-0.39, 0.29) is 23.4 Å². The van der Waals surface area contributed by atoms with Crippen LogP contribution in [0.2, 0.25) is 0 Å². The van der Waals surface area contributed by atoms with Crippen LogP contribution >= 0.6 is 0 Å². The molecule has 0 spiro atoms. The van der Waals surface area contributed by atoms with Gasteiger partial charge in [0.25, 0.3) is 5.91 Å². The second kappa shape index (κ2) is 11.8. The Labute approximate surface area is 182 Å². The van der Waals surface area contributed by atoms with Crippen molar-refractivity contribution in [1.29, 1.82) is 0 Å². The van der Waals surface area contributed by atoms with Crippen LogP contribution in [0.15, 0.2) is 29.4 Å². The van der Waals surface area contributed by atoms with E-state index in [1.54, 1.807) is 6.07 Å². The van der Waals surface area contributed by atoms with Gasteiger partial charge in [-0.2, -0.15) is 0 Å². The number of allylic oxidation sites excluding steroid dienone is 4. The summed E-state index contributed by atoms with van der Waals surface area (Å²) in [5, 5.41) is 24.5. The molecule has 2 rings (SSSR count). The minimum Gasteiger partial charge on any atom is -0.508 e. The van der Waals surface area contributed by atoms with Crippen molar-refractivity contribution in [1.82, 2.24) is 5.32 Å². The minimum atomic E-state index is -0.219. The third-order valence-corrected chi connectivity index (χ3v) is 5.90. The Hall–Kier alpha value is -2.23. The SMILES string of the molecule is CCCCCc1cc(O)c(C/C=C(\C)CC/C=C(\C)CC)c(O)c1C(=O)NC1CC1. The summed E-state index contributed by atoms with van der Waals surface area (Å²) in [4.78, 5) is 12.8. The molecule has 0 atom stereocenters. The molecule has 0 aliphatic heterocycles. The molecular weight excluding hydrogens is 374 g/mol. The van der Waals surface area contributed by atoms with Crippen LogP contribution in [0.3, 0.4) is 0 Å². The number of aromatic hydroxyl groups is 2. The van der Waals surface area contributed by atoms with Crippen LogP contribution in [0.1, 0.15) is 101 Å². The number of phenols is 2. The lowest BCUT2D eigenvalue weighted by Gasteiger charge is -2.16. The van der Waals surface area contributed by atoms with Crippen LogP contribution in [0.5, 0.6) is 11.5 Å². The summed E-state index contributed by atoms with van der Waals surface area (Å²) in [7, 11) is 0. The Morgan fingerprint density at radius 2 is 1.87 bits per heavy atom. The van der Waals surface area contributed by atoms with Crippen LogP contribution in [0.4, 0.5) is 0 Å². The lowest BCUT2D eigenvalue weighted by molar-refractivity contribution is 0.0947. The third-order valence-electron chi connectivity index (χ3n) is 5.90. The number of aryl methyl sites for hydroxylation is 1. The number of hydrogen-bond donors (Lipinski definition) is 3. The zero-order chi connectivity index (χ0) is 22.1. The predicted octanol–water partition coefficient (Wildman–Crippen LogP) is 6.35. The number of hydrogen-bond acceptors (Lipinski definition) is 3. The molecule has 1 aromatic rings. The lowest BCUT2D eigenvalue weighted by Crippen LogP contribution is -2.26. The van der Waals surface area contributed by atoms with Gasteiger partial charge in [-0.3, -0.25) is 4.79 Å². The quantitative estimate of drug-likeness (QED) is 0.276. The van der Waals surface area contributed by atoms with E-state index < -0.39 is 0 Å². The summed E-state index contributed by atoms with van der Waals surface area (Å²) < 4.78 is 0. The predicted molar refractivity (Wildman–Crippen MR) is 124 cm³/mol. The average Bonchev–Trinajstić information content (AvgIpc) is 3.51. The molecule has 0 radical (unpaired) electrons. The number of rotatable bonds is 12. The topological polar surface area (TPSA) is 69.6 Å². The molecule has 0 unspecified atom stereocenters. The van der Waals surface area contributed by atoms with Crippen molar-refractivity contribution in [2.45, 2.75) is 97.9 Å². The Bertz CT molecular complexity index is 788. The van der Waals surface area contributed by atoms with Crippen LogP contribution < -0.4 is 5.32 Å². The van der Waals surface area contributed by atoms with E-state index in [4.69, 9.17) is 0 Å². The molecule has 1 saturated carbocycles. The van der Waals surface area contributed by atoms with Gasteiger partial charge in [0, 0.05) is 11.6 Å². The Balaban J connectivity index is 2.21. The fourth-order valence-electron chi connectivity index (χ4n) is 3.52. The highest BCUT2D eigenvalue weighted by Gasteiger charge is 2.28. The number of amides is 1. The summed E-state index contributed by atoms with van der Waals surface area (Å²) in [6, 6.07) is 1.91. The number of phenolic OH excluding ortho intramolecular Hbond substituents is 2. The molecule has 166 valence electrons. The molecule has 1 aliphatic carbocycles. The number of carbonyl (C=O) groups is 1. The van der Waals surface area contributed by atoms with Crippen molar-refractivity contribution in [3.05, 3.63) is 46.1 Å². The first-order valence-corrected chi connectivity index (χ1v) is 11.6. The van der Waals surface area contributed by atoms with Crippen LogP contribution in [0, 0.1) is 0 Å². The Morgan fingerprint density at radius 1 is 1.13 bits per heavy atom. The zero-order valence-electron chi connectivity index (χ0n) is 19.2. The van der Waals surface area contributed by atoms with E-state index in [1.807, 2.05) is 6.08 Å². The van der Waals surface area contributed by atoms with Gasteiger partial charge in [0.2, 0.25) is 0 Å². The van der Waals surface area contributed by atoms with E-state index in [9.17, 15) is 15.0 Å². The smallest absolute Gasteiger partial charge is 0.255 e. The van der Waals surface area contributed by atoms with Crippen molar-refractivity contribution >= 4 is 5.91 Å². The van der Waals surface area contributed by atoms with Gasteiger partial charge in [0.15, 0.2) is 0 Å².